The maximum Gasteiger partial charge on any atom is 0.410 e. The molecular formula is C13H24N2O4. The zero-order valence-corrected chi connectivity index (χ0v) is 12.0. The molecule has 0 aromatic rings. The molecule has 0 unspecified atom stereocenters. The smallest absolute Gasteiger partial charge is 0.410 e. The van der Waals surface area contributed by atoms with Crippen molar-refractivity contribution in [2.24, 2.45) is 5.92 Å². The Bertz CT molecular complexity index is 330. The summed E-state index contributed by atoms with van der Waals surface area (Å²) in [6, 6.07) is -0.668. The van der Waals surface area contributed by atoms with Crippen LogP contribution in [0.15, 0.2) is 0 Å². The number of carbonyl (C=O) groups is 2. The molecule has 1 amide bonds. The second-order valence-electron chi connectivity index (χ2n) is 6.16. The van der Waals surface area contributed by atoms with Crippen LogP contribution in [0.4, 0.5) is 4.79 Å². The van der Waals surface area contributed by atoms with Crippen molar-refractivity contribution < 1.29 is 25.2 Å². The molecule has 19 heavy (non-hydrogen) atoms. The Labute approximate surface area is 113 Å². The zero-order valence-electron chi connectivity index (χ0n) is 12.0. The molecule has 1 atom stereocenters. The number of carbonyl (C=O) groups excluding carboxylic acids is 2. The van der Waals surface area contributed by atoms with Gasteiger partial charge in [0.15, 0.2) is 0 Å². The molecule has 1 aliphatic heterocycles. The third kappa shape index (κ3) is 5.46. The summed E-state index contributed by atoms with van der Waals surface area (Å²) in [5.41, 5.74) is 3.08. The molecule has 6 heteroatoms. The predicted octanol–water partition coefficient (Wildman–Crippen LogP) is -0.616. The Morgan fingerprint density at radius 2 is 1.89 bits per heavy atom. The molecule has 1 fully saturated rings. The van der Waals surface area contributed by atoms with Crippen molar-refractivity contribution in [3.8, 4) is 0 Å². The first kappa shape index (κ1) is 15.8. The Kier molecular flexibility index (Phi) is 5.17. The molecule has 1 rings (SSSR count). The molecule has 0 saturated carbocycles. The number of ether oxygens (including phenoxy) is 1. The highest BCUT2D eigenvalue weighted by molar-refractivity contribution is 5.69. The molecule has 1 aliphatic rings. The van der Waals surface area contributed by atoms with E-state index in [9.17, 15) is 14.7 Å². The molecule has 1 heterocycles. The maximum atomic E-state index is 11.8. The van der Waals surface area contributed by atoms with E-state index >= 15 is 0 Å². The molecule has 0 bridgehead atoms. The first-order valence-electron chi connectivity index (χ1n) is 6.71. The quantitative estimate of drug-likeness (QED) is 0.740. The molecule has 0 aromatic carbocycles. The summed E-state index contributed by atoms with van der Waals surface area (Å²) in [5, 5.41) is 10.6. The van der Waals surface area contributed by atoms with E-state index in [1.807, 2.05) is 20.8 Å². The summed E-state index contributed by atoms with van der Waals surface area (Å²) in [6.45, 7) is 6.74. The molecule has 0 spiro atoms. The van der Waals surface area contributed by atoms with Gasteiger partial charge in [-0.3, -0.25) is 0 Å². The highest BCUT2D eigenvalue weighted by atomic mass is 16.6. The topological polar surface area (TPSA) is 97.3 Å². The van der Waals surface area contributed by atoms with Gasteiger partial charge in [0, 0.05) is 19.5 Å². The molecule has 3 N–H and O–H groups in total. The number of hydrogen-bond donors (Lipinski definition) is 1. The lowest BCUT2D eigenvalue weighted by atomic mass is 9.90. The number of likely N-dealkylation sites (tertiary alicyclic amines) is 1. The third-order valence-electron chi connectivity index (χ3n) is 3.22. The predicted molar refractivity (Wildman–Crippen MR) is 66.8 cm³/mol. The van der Waals surface area contributed by atoms with Crippen LogP contribution in [0.2, 0.25) is 0 Å². The molecule has 0 radical (unpaired) electrons. The van der Waals surface area contributed by atoms with Crippen molar-refractivity contribution in [1.82, 2.24) is 4.90 Å². The molecule has 0 aliphatic carbocycles. The summed E-state index contributed by atoms with van der Waals surface area (Å²) >= 11 is 0. The van der Waals surface area contributed by atoms with Gasteiger partial charge in [0.05, 0.1) is 5.97 Å². The van der Waals surface area contributed by atoms with Crippen LogP contribution < -0.4 is 10.8 Å². The lowest BCUT2D eigenvalue weighted by molar-refractivity contribution is -0.440. The van der Waals surface area contributed by atoms with Crippen LogP contribution in [-0.2, 0) is 9.53 Å². The SMILES string of the molecule is CC(C)(C)OC(=O)N1CCC(C[C@@H]([NH3+])C(=O)[O-])CC1. The van der Waals surface area contributed by atoms with Crippen LogP contribution in [0.3, 0.4) is 0 Å². The summed E-state index contributed by atoms with van der Waals surface area (Å²) in [5.74, 6) is -0.811. The van der Waals surface area contributed by atoms with Crippen LogP contribution in [0, 0.1) is 5.92 Å². The molecule has 0 aromatic heterocycles. The number of aliphatic carboxylic acids is 1. The number of hydrogen-bond acceptors (Lipinski definition) is 4. The van der Waals surface area contributed by atoms with Gasteiger partial charge in [-0.05, 0) is 39.5 Å². The van der Waals surface area contributed by atoms with Gasteiger partial charge in [-0.25, -0.2) is 4.79 Å². The van der Waals surface area contributed by atoms with E-state index in [1.54, 1.807) is 4.90 Å². The van der Waals surface area contributed by atoms with E-state index < -0.39 is 17.6 Å². The van der Waals surface area contributed by atoms with Gasteiger partial charge in [0.1, 0.15) is 11.6 Å². The van der Waals surface area contributed by atoms with E-state index in [1.165, 1.54) is 0 Å². The van der Waals surface area contributed by atoms with E-state index in [2.05, 4.69) is 5.73 Å². The van der Waals surface area contributed by atoms with E-state index in [0.717, 1.165) is 12.8 Å². The Morgan fingerprint density at radius 3 is 2.32 bits per heavy atom. The van der Waals surface area contributed by atoms with E-state index in [4.69, 9.17) is 4.74 Å². The lowest BCUT2D eigenvalue weighted by Crippen LogP contribution is -2.69. The standard InChI is InChI=1S/C13H24N2O4/c1-13(2,3)19-12(18)15-6-4-9(5-7-15)8-10(14)11(16)17/h9-10H,4-8,14H2,1-3H3,(H,16,17)/t10-/m1/s1. The molecule has 110 valence electrons. The molecular weight excluding hydrogens is 248 g/mol. The highest BCUT2D eigenvalue weighted by Gasteiger charge is 2.28. The highest BCUT2D eigenvalue weighted by Crippen LogP contribution is 2.22. The third-order valence-corrected chi connectivity index (χ3v) is 3.22. The summed E-state index contributed by atoms with van der Waals surface area (Å²) < 4.78 is 5.30. The number of amides is 1. The number of nitrogens with zero attached hydrogens (tertiary/aromatic N) is 1. The van der Waals surface area contributed by atoms with Gasteiger partial charge in [0.2, 0.25) is 0 Å². The molecule has 1 saturated heterocycles. The Hall–Kier alpha value is -1.30. The van der Waals surface area contributed by atoms with Crippen LogP contribution >= 0.6 is 0 Å². The van der Waals surface area contributed by atoms with Crippen molar-refractivity contribution in [1.29, 1.82) is 0 Å². The van der Waals surface area contributed by atoms with Gasteiger partial charge in [0.25, 0.3) is 0 Å². The Balaban J connectivity index is 2.36. The van der Waals surface area contributed by atoms with Crippen LogP contribution in [0.1, 0.15) is 40.0 Å². The summed E-state index contributed by atoms with van der Waals surface area (Å²) in [6.07, 6.45) is 1.80. The number of carboxylic acid groups (broad SMARTS) is 1. The number of quaternary nitrogens is 1. The average molecular weight is 272 g/mol. The van der Waals surface area contributed by atoms with Crippen molar-refractivity contribution in [3.05, 3.63) is 0 Å². The van der Waals surface area contributed by atoms with E-state index in [0.29, 0.717) is 25.4 Å². The van der Waals surface area contributed by atoms with Crippen molar-refractivity contribution in [2.45, 2.75) is 51.7 Å². The second-order valence-corrected chi connectivity index (χ2v) is 6.16. The number of piperidine rings is 1. The number of carboxylic acids is 1. The van der Waals surface area contributed by atoms with Gasteiger partial charge in [-0.2, -0.15) is 0 Å². The van der Waals surface area contributed by atoms with Crippen LogP contribution in [0.25, 0.3) is 0 Å². The van der Waals surface area contributed by atoms with Gasteiger partial charge >= 0.3 is 6.09 Å². The number of rotatable bonds is 3. The van der Waals surface area contributed by atoms with Gasteiger partial charge < -0.3 is 25.3 Å². The van der Waals surface area contributed by atoms with Crippen molar-refractivity contribution in [3.63, 3.8) is 0 Å². The summed E-state index contributed by atoms with van der Waals surface area (Å²) in [4.78, 5) is 24.2. The molecule has 6 nitrogen and oxygen atoms in total. The van der Waals surface area contributed by atoms with E-state index in [-0.39, 0.29) is 6.09 Å². The largest absolute Gasteiger partial charge is 0.544 e. The fourth-order valence-corrected chi connectivity index (χ4v) is 2.18. The van der Waals surface area contributed by atoms with Crippen molar-refractivity contribution >= 4 is 12.1 Å². The first-order valence-corrected chi connectivity index (χ1v) is 6.71. The average Bonchev–Trinajstić information content (AvgIpc) is 2.27. The lowest BCUT2D eigenvalue weighted by Gasteiger charge is -2.33. The minimum Gasteiger partial charge on any atom is -0.544 e. The normalized spacial score (nSPS) is 19.1. The maximum absolute atomic E-state index is 11.8. The van der Waals surface area contributed by atoms with Gasteiger partial charge in [-0.1, -0.05) is 0 Å². The van der Waals surface area contributed by atoms with Crippen LogP contribution in [0.5, 0.6) is 0 Å². The van der Waals surface area contributed by atoms with Crippen LogP contribution in [-0.4, -0.2) is 41.7 Å². The second kappa shape index (κ2) is 6.23. The minimum atomic E-state index is -1.10. The van der Waals surface area contributed by atoms with Crippen molar-refractivity contribution in [2.75, 3.05) is 13.1 Å². The monoisotopic (exact) mass is 272 g/mol. The fourth-order valence-electron chi connectivity index (χ4n) is 2.18. The fraction of sp³-hybridized carbons (Fsp3) is 0.846. The minimum absolute atomic E-state index is 0.291. The first-order chi connectivity index (χ1) is 8.69. The van der Waals surface area contributed by atoms with Gasteiger partial charge in [-0.15, -0.1) is 0 Å². The Morgan fingerprint density at radius 1 is 1.37 bits per heavy atom. The zero-order chi connectivity index (χ0) is 14.6. The summed E-state index contributed by atoms with van der Waals surface area (Å²) in [7, 11) is 0.